The van der Waals surface area contributed by atoms with Crippen molar-refractivity contribution < 1.29 is 0 Å². The van der Waals surface area contributed by atoms with Gasteiger partial charge in [-0.15, -0.1) is 16.4 Å². The molecule has 4 rings (SSSR count). The summed E-state index contributed by atoms with van der Waals surface area (Å²) in [4.78, 5) is 21.5. The lowest BCUT2D eigenvalue weighted by Crippen LogP contribution is -2.47. The lowest BCUT2D eigenvalue weighted by atomic mass is 10.3. The van der Waals surface area contributed by atoms with Crippen molar-refractivity contribution in [3.8, 4) is 5.82 Å². The largest absolute Gasteiger partial charge is 0.299 e. The van der Waals surface area contributed by atoms with E-state index in [-0.39, 0.29) is 5.56 Å². The van der Waals surface area contributed by atoms with Gasteiger partial charge in [0.15, 0.2) is 5.82 Å². The van der Waals surface area contributed by atoms with Gasteiger partial charge >= 0.3 is 0 Å². The Morgan fingerprint density at radius 3 is 2.63 bits per heavy atom. The van der Waals surface area contributed by atoms with E-state index in [1.165, 1.54) is 4.68 Å². The maximum absolute atomic E-state index is 12.1. The topological polar surface area (TPSA) is 72.1 Å². The average molecular weight is 385 g/mol. The fourth-order valence-corrected chi connectivity index (χ4v) is 3.85. The maximum Gasteiger partial charge on any atom is 0.266 e. The Labute approximate surface area is 161 Å². The normalized spacial score (nSPS) is 16.0. The van der Waals surface area contributed by atoms with Crippen LogP contribution in [-0.2, 0) is 13.1 Å². The van der Waals surface area contributed by atoms with Gasteiger partial charge in [0.05, 0.1) is 17.2 Å². The number of aromatic nitrogens is 5. The summed E-state index contributed by atoms with van der Waals surface area (Å²) >= 11 is 1.71. The molecule has 0 unspecified atom stereocenters. The highest BCUT2D eigenvalue weighted by Crippen LogP contribution is 2.12. The van der Waals surface area contributed by atoms with E-state index < -0.39 is 0 Å². The smallest absolute Gasteiger partial charge is 0.266 e. The third-order valence-corrected chi connectivity index (χ3v) is 5.56. The Morgan fingerprint density at radius 1 is 1.11 bits per heavy atom. The molecule has 0 spiro atoms. The van der Waals surface area contributed by atoms with Crippen molar-refractivity contribution >= 4 is 11.3 Å². The minimum absolute atomic E-state index is 0.0801. The van der Waals surface area contributed by atoms with E-state index in [4.69, 9.17) is 0 Å². The molecule has 4 heterocycles. The average Bonchev–Trinajstić information content (AvgIpc) is 3.34. The van der Waals surface area contributed by atoms with Crippen LogP contribution in [0.5, 0.6) is 0 Å². The van der Waals surface area contributed by atoms with Gasteiger partial charge < -0.3 is 0 Å². The molecule has 0 aromatic carbocycles. The standard InChI is InChI=1S/C18H23N7OS/c1-15-20-16(14-27-15)13-23-9-7-22(8-10-23)11-12-25-18(26)4-3-17(21-25)24-6-2-5-19-24/h2-6,14H,7-13H2,1H3. The maximum atomic E-state index is 12.1. The summed E-state index contributed by atoms with van der Waals surface area (Å²) in [6.45, 7) is 8.40. The summed E-state index contributed by atoms with van der Waals surface area (Å²) in [5, 5.41) is 11.9. The summed E-state index contributed by atoms with van der Waals surface area (Å²) in [5.74, 6) is 0.656. The first-order valence-corrected chi connectivity index (χ1v) is 9.99. The Morgan fingerprint density at radius 2 is 1.93 bits per heavy atom. The molecular formula is C18H23N7OS. The zero-order valence-corrected chi connectivity index (χ0v) is 16.2. The minimum Gasteiger partial charge on any atom is -0.299 e. The molecule has 0 radical (unpaired) electrons. The van der Waals surface area contributed by atoms with Gasteiger partial charge in [-0.2, -0.15) is 5.10 Å². The third-order valence-electron chi connectivity index (χ3n) is 4.74. The van der Waals surface area contributed by atoms with Crippen LogP contribution in [0.15, 0.2) is 40.8 Å². The molecule has 0 amide bonds. The predicted molar refractivity (Wildman–Crippen MR) is 104 cm³/mol. The van der Waals surface area contributed by atoms with Crippen molar-refractivity contribution in [1.82, 2.24) is 34.3 Å². The fourth-order valence-electron chi connectivity index (χ4n) is 3.24. The summed E-state index contributed by atoms with van der Waals surface area (Å²) in [7, 11) is 0. The molecular weight excluding hydrogens is 362 g/mol. The second-order valence-electron chi connectivity index (χ2n) is 6.68. The van der Waals surface area contributed by atoms with Crippen LogP contribution in [0.2, 0.25) is 0 Å². The van der Waals surface area contributed by atoms with Crippen molar-refractivity contribution in [3.05, 3.63) is 57.0 Å². The van der Waals surface area contributed by atoms with Crippen molar-refractivity contribution in [3.63, 3.8) is 0 Å². The lowest BCUT2D eigenvalue weighted by molar-refractivity contribution is 0.122. The van der Waals surface area contributed by atoms with Gasteiger partial charge in [-0.05, 0) is 19.1 Å². The van der Waals surface area contributed by atoms with Gasteiger partial charge in [0.25, 0.3) is 5.56 Å². The summed E-state index contributed by atoms with van der Waals surface area (Å²) in [5.41, 5.74) is 1.08. The number of piperazine rings is 1. The molecule has 8 nitrogen and oxygen atoms in total. The van der Waals surface area contributed by atoms with Gasteiger partial charge in [-0.1, -0.05) is 0 Å². The molecule has 0 atom stereocenters. The van der Waals surface area contributed by atoms with Gasteiger partial charge in [0.1, 0.15) is 0 Å². The molecule has 0 saturated carbocycles. The lowest BCUT2D eigenvalue weighted by Gasteiger charge is -2.34. The molecule has 1 aliphatic heterocycles. The molecule has 0 N–H and O–H groups in total. The number of hydrogen-bond acceptors (Lipinski definition) is 7. The van der Waals surface area contributed by atoms with Crippen LogP contribution in [0, 0.1) is 6.92 Å². The molecule has 27 heavy (non-hydrogen) atoms. The predicted octanol–water partition coefficient (Wildman–Crippen LogP) is 1.01. The first kappa shape index (κ1) is 18.0. The molecule has 3 aromatic heterocycles. The quantitative estimate of drug-likeness (QED) is 0.631. The van der Waals surface area contributed by atoms with Crippen molar-refractivity contribution in [1.29, 1.82) is 0 Å². The zero-order valence-electron chi connectivity index (χ0n) is 15.4. The van der Waals surface area contributed by atoms with Crippen LogP contribution >= 0.6 is 11.3 Å². The van der Waals surface area contributed by atoms with Crippen molar-refractivity contribution in [2.75, 3.05) is 32.7 Å². The fraction of sp³-hybridized carbons (Fsp3) is 0.444. The summed E-state index contributed by atoms with van der Waals surface area (Å²) in [6.07, 6.45) is 3.52. The monoisotopic (exact) mass is 385 g/mol. The molecule has 9 heteroatoms. The van der Waals surface area contributed by atoms with Gasteiger partial charge in [0, 0.05) is 63.1 Å². The van der Waals surface area contributed by atoms with E-state index in [0.717, 1.165) is 50.0 Å². The van der Waals surface area contributed by atoms with Crippen LogP contribution in [0.3, 0.4) is 0 Å². The Hall–Kier alpha value is -2.36. The van der Waals surface area contributed by atoms with E-state index in [1.807, 2.05) is 19.2 Å². The van der Waals surface area contributed by atoms with E-state index in [2.05, 4.69) is 30.4 Å². The summed E-state index contributed by atoms with van der Waals surface area (Å²) < 4.78 is 3.19. The highest BCUT2D eigenvalue weighted by Gasteiger charge is 2.18. The SMILES string of the molecule is Cc1nc(CN2CCN(CCn3nc(-n4cccn4)ccc3=O)CC2)cs1. The zero-order chi connectivity index (χ0) is 18.6. The van der Waals surface area contributed by atoms with Crippen LogP contribution in [0.25, 0.3) is 5.82 Å². The van der Waals surface area contributed by atoms with Crippen LogP contribution < -0.4 is 5.56 Å². The number of nitrogens with zero attached hydrogens (tertiary/aromatic N) is 7. The van der Waals surface area contributed by atoms with E-state index in [0.29, 0.717) is 12.4 Å². The number of hydrogen-bond donors (Lipinski definition) is 0. The highest BCUT2D eigenvalue weighted by molar-refractivity contribution is 7.09. The third kappa shape index (κ3) is 4.49. The highest BCUT2D eigenvalue weighted by atomic mass is 32.1. The number of thiazole rings is 1. The molecule has 1 saturated heterocycles. The van der Waals surface area contributed by atoms with Crippen molar-refractivity contribution in [2.45, 2.75) is 20.0 Å². The Balaban J connectivity index is 1.30. The van der Waals surface area contributed by atoms with Gasteiger partial charge in [-0.3, -0.25) is 14.6 Å². The Bertz CT molecular complexity index is 925. The second kappa shape index (κ2) is 8.12. The first-order chi connectivity index (χ1) is 13.2. The molecule has 142 valence electrons. The van der Waals surface area contributed by atoms with Crippen LogP contribution in [0.1, 0.15) is 10.7 Å². The molecule has 3 aromatic rings. The van der Waals surface area contributed by atoms with E-state index in [9.17, 15) is 4.79 Å². The molecule has 1 aliphatic rings. The Kier molecular flexibility index (Phi) is 5.42. The minimum atomic E-state index is -0.0801. The molecule has 0 bridgehead atoms. The van der Waals surface area contributed by atoms with E-state index >= 15 is 0 Å². The second-order valence-corrected chi connectivity index (χ2v) is 7.74. The van der Waals surface area contributed by atoms with Gasteiger partial charge in [-0.25, -0.2) is 14.3 Å². The number of aryl methyl sites for hydroxylation is 1. The molecule has 0 aliphatic carbocycles. The van der Waals surface area contributed by atoms with Crippen LogP contribution in [-0.4, -0.2) is 67.1 Å². The van der Waals surface area contributed by atoms with Crippen molar-refractivity contribution in [2.24, 2.45) is 0 Å². The summed E-state index contributed by atoms with van der Waals surface area (Å²) in [6, 6.07) is 5.09. The van der Waals surface area contributed by atoms with Crippen LogP contribution in [0.4, 0.5) is 0 Å². The first-order valence-electron chi connectivity index (χ1n) is 9.11. The molecule has 1 fully saturated rings. The van der Waals surface area contributed by atoms with E-state index in [1.54, 1.807) is 34.3 Å². The number of rotatable bonds is 6. The van der Waals surface area contributed by atoms with Gasteiger partial charge in [0.2, 0.25) is 0 Å².